The maximum absolute atomic E-state index is 13.4. The zero-order valence-electron chi connectivity index (χ0n) is 18.7. The standard InChI is InChI=1S/C23H19ClI4N2O5/c1-9(2)7-13(23(34)35-8-14(31)29-12-6-4-5-11(24)10(12)3)30-21(32)15-16(22(30)33)18(26)20(28)19(27)17(15)25/h4-6,9,13H,7-8H2,1-3H3,(H,29,31)/t13-/m0/s1. The molecular weight excluding hydrogens is 927 g/mol. The van der Waals surface area contributed by atoms with Crippen LogP contribution in [0, 0.1) is 27.1 Å². The topological polar surface area (TPSA) is 92.8 Å². The van der Waals surface area contributed by atoms with Gasteiger partial charge in [0.15, 0.2) is 6.61 Å². The summed E-state index contributed by atoms with van der Waals surface area (Å²) in [5.74, 6) is -2.42. The average molecular weight is 946 g/mol. The number of hydrogen-bond acceptors (Lipinski definition) is 5. The number of rotatable bonds is 7. The molecule has 0 fully saturated rings. The lowest BCUT2D eigenvalue weighted by molar-refractivity contribution is -0.151. The second-order valence-electron chi connectivity index (χ2n) is 8.20. The first-order valence-electron chi connectivity index (χ1n) is 10.3. The van der Waals surface area contributed by atoms with Crippen LogP contribution in [0.2, 0.25) is 5.02 Å². The van der Waals surface area contributed by atoms with Gasteiger partial charge in [0.25, 0.3) is 17.7 Å². The Hall–Kier alpha value is -0.270. The molecule has 3 rings (SSSR count). The Kier molecular flexibility index (Phi) is 10.1. The molecule has 1 aliphatic heterocycles. The number of halogens is 5. The third-order valence-electron chi connectivity index (χ3n) is 5.30. The van der Waals surface area contributed by atoms with Crippen molar-refractivity contribution in [3.05, 3.63) is 54.2 Å². The van der Waals surface area contributed by atoms with Crippen LogP contribution < -0.4 is 5.32 Å². The quantitative estimate of drug-likeness (QED) is 0.117. The Bertz CT molecular complexity index is 1200. The molecule has 2 aromatic rings. The van der Waals surface area contributed by atoms with Crippen molar-refractivity contribution in [2.24, 2.45) is 5.92 Å². The molecule has 0 radical (unpaired) electrons. The van der Waals surface area contributed by atoms with E-state index in [1.54, 1.807) is 25.1 Å². The minimum Gasteiger partial charge on any atom is -0.454 e. The van der Waals surface area contributed by atoms with Gasteiger partial charge in [-0.25, -0.2) is 4.79 Å². The van der Waals surface area contributed by atoms with Gasteiger partial charge in [0, 0.05) is 25.0 Å². The summed E-state index contributed by atoms with van der Waals surface area (Å²) >= 11 is 14.5. The van der Waals surface area contributed by atoms with E-state index in [0.29, 0.717) is 34.5 Å². The molecule has 7 nitrogen and oxygen atoms in total. The van der Waals surface area contributed by atoms with Crippen LogP contribution in [0.25, 0.3) is 0 Å². The summed E-state index contributed by atoms with van der Waals surface area (Å²) in [6.45, 7) is 4.96. The van der Waals surface area contributed by atoms with Crippen LogP contribution in [0.3, 0.4) is 0 Å². The summed E-state index contributed by atoms with van der Waals surface area (Å²) in [7, 11) is 0. The lowest BCUT2D eigenvalue weighted by Gasteiger charge is -2.26. The van der Waals surface area contributed by atoms with E-state index in [1.807, 2.05) is 13.8 Å². The third-order valence-corrected chi connectivity index (χ3v) is 13.1. The van der Waals surface area contributed by atoms with Gasteiger partial charge < -0.3 is 10.1 Å². The minimum absolute atomic E-state index is 0.0155. The summed E-state index contributed by atoms with van der Waals surface area (Å²) in [5.41, 5.74) is 1.80. The fourth-order valence-corrected chi connectivity index (χ4v) is 7.39. The fourth-order valence-electron chi connectivity index (χ4n) is 3.57. The fraction of sp³-hybridized carbons (Fsp3) is 0.304. The highest BCUT2D eigenvalue weighted by Gasteiger charge is 2.47. The first kappa shape index (κ1) is 29.3. The van der Waals surface area contributed by atoms with Gasteiger partial charge in [0.1, 0.15) is 6.04 Å². The van der Waals surface area contributed by atoms with Crippen molar-refractivity contribution in [3.63, 3.8) is 0 Å². The van der Waals surface area contributed by atoms with Crippen molar-refractivity contribution in [3.8, 4) is 0 Å². The molecule has 0 unspecified atom stereocenters. The molecule has 35 heavy (non-hydrogen) atoms. The molecule has 1 heterocycles. The number of nitrogens with zero attached hydrogens (tertiary/aromatic N) is 1. The maximum Gasteiger partial charge on any atom is 0.329 e. The van der Waals surface area contributed by atoms with Crippen LogP contribution in [0.4, 0.5) is 5.69 Å². The van der Waals surface area contributed by atoms with Crippen LogP contribution in [0.15, 0.2) is 18.2 Å². The van der Waals surface area contributed by atoms with Gasteiger partial charge in [-0.15, -0.1) is 0 Å². The maximum atomic E-state index is 13.4. The lowest BCUT2D eigenvalue weighted by atomic mass is 10.0. The normalized spacial score (nSPS) is 13.8. The smallest absolute Gasteiger partial charge is 0.329 e. The number of amides is 3. The third kappa shape index (κ3) is 6.08. The van der Waals surface area contributed by atoms with Crippen LogP contribution in [0.1, 0.15) is 46.5 Å². The number of carbonyl (C=O) groups is 4. The van der Waals surface area contributed by atoms with E-state index in [-0.39, 0.29) is 12.3 Å². The zero-order chi connectivity index (χ0) is 26.2. The van der Waals surface area contributed by atoms with E-state index in [1.165, 1.54) is 0 Å². The second kappa shape index (κ2) is 12.1. The van der Waals surface area contributed by atoms with Crippen molar-refractivity contribution >= 4 is 131 Å². The summed E-state index contributed by atoms with van der Waals surface area (Å²) < 4.78 is 8.40. The second-order valence-corrected chi connectivity index (χ2v) is 12.9. The van der Waals surface area contributed by atoms with Crippen LogP contribution in [-0.2, 0) is 14.3 Å². The number of esters is 1. The molecular formula is C23H19ClI4N2O5. The molecule has 0 aromatic heterocycles. The Morgan fingerprint density at radius 2 is 1.54 bits per heavy atom. The molecule has 0 spiro atoms. The molecule has 0 saturated carbocycles. The van der Waals surface area contributed by atoms with E-state index in [2.05, 4.69) is 95.7 Å². The van der Waals surface area contributed by atoms with E-state index in [0.717, 1.165) is 12.0 Å². The molecule has 186 valence electrons. The highest BCUT2D eigenvalue weighted by Crippen LogP contribution is 2.39. The van der Waals surface area contributed by atoms with E-state index >= 15 is 0 Å². The Morgan fingerprint density at radius 1 is 1.00 bits per heavy atom. The predicted octanol–water partition coefficient (Wildman–Crippen LogP) is 6.26. The molecule has 1 atom stereocenters. The molecule has 2 aromatic carbocycles. The van der Waals surface area contributed by atoms with Crippen molar-refractivity contribution in [1.29, 1.82) is 0 Å². The number of hydrogen-bond donors (Lipinski definition) is 1. The van der Waals surface area contributed by atoms with Gasteiger partial charge in [0.05, 0.1) is 11.1 Å². The van der Waals surface area contributed by atoms with Crippen molar-refractivity contribution in [2.75, 3.05) is 11.9 Å². The van der Waals surface area contributed by atoms with Gasteiger partial charge >= 0.3 is 5.97 Å². The highest BCUT2D eigenvalue weighted by atomic mass is 127. The Morgan fingerprint density at radius 3 is 2.06 bits per heavy atom. The molecule has 0 bridgehead atoms. The molecule has 1 aliphatic rings. The Balaban J connectivity index is 1.83. The number of imide groups is 1. The zero-order valence-corrected chi connectivity index (χ0v) is 28.1. The number of ether oxygens (including phenoxy) is 1. The molecule has 12 heteroatoms. The van der Waals surface area contributed by atoms with Crippen LogP contribution in [-0.4, -0.2) is 41.2 Å². The van der Waals surface area contributed by atoms with E-state index in [4.69, 9.17) is 16.3 Å². The average Bonchev–Trinajstić information content (AvgIpc) is 3.06. The van der Waals surface area contributed by atoms with Crippen molar-refractivity contribution in [2.45, 2.75) is 33.2 Å². The summed E-state index contributed by atoms with van der Waals surface area (Å²) in [6.07, 6.45) is 0.209. The number of anilines is 1. The Labute approximate surface area is 262 Å². The largest absolute Gasteiger partial charge is 0.454 e. The minimum atomic E-state index is -1.15. The summed E-state index contributed by atoms with van der Waals surface area (Å²) in [6, 6.07) is 3.94. The van der Waals surface area contributed by atoms with Crippen molar-refractivity contribution < 1.29 is 23.9 Å². The van der Waals surface area contributed by atoms with Crippen molar-refractivity contribution in [1.82, 2.24) is 4.90 Å². The van der Waals surface area contributed by atoms with Gasteiger partial charge in [-0.05, 0) is 127 Å². The monoisotopic (exact) mass is 946 g/mol. The number of fused-ring (bicyclic) bond motifs is 1. The lowest BCUT2D eigenvalue weighted by Crippen LogP contribution is -2.47. The first-order chi connectivity index (χ1) is 16.4. The molecule has 0 aliphatic carbocycles. The summed E-state index contributed by atoms with van der Waals surface area (Å²) in [5, 5.41) is 3.16. The highest BCUT2D eigenvalue weighted by molar-refractivity contribution is 14.1. The van der Waals surface area contributed by atoms with Gasteiger partial charge in [-0.3, -0.25) is 19.3 Å². The van der Waals surface area contributed by atoms with Crippen LogP contribution >= 0.6 is 102 Å². The SMILES string of the molecule is Cc1c(Cl)cccc1NC(=O)COC(=O)[C@H](CC(C)C)N1C(=O)c2c(I)c(I)c(I)c(I)c2C1=O. The molecule has 0 saturated heterocycles. The molecule has 3 amide bonds. The van der Waals surface area contributed by atoms with Crippen LogP contribution in [0.5, 0.6) is 0 Å². The number of nitrogens with one attached hydrogen (secondary N) is 1. The predicted molar refractivity (Wildman–Crippen MR) is 167 cm³/mol. The van der Waals surface area contributed by atoms with Gasteiger partial charge in [0.2, 0.25) is 0 Å². The number of carbonyl (C=O) groups excluding carboxylic acids is 4. The van der Waals surface area contributed by atoms with Gasteiger partial charge in [-0.2, -0.15) is 0 Å². The molecule has 1 N–H and O–H groups in total. The summed E-state index contributed by atoms with van der Waals surface area (Å²) in [4.78, 5) is 53.4. The van der Waals surface area contributed by atoms with Gasteiger partial charge in [-0.1, -0.05) is 31.5 Å². The first-order valence-corrected chi connectivity index (χ1v) is 15.0. The van der Waals surface area contributed by atoms with E-state index in [9.17, 15) is 19.2 Å². The number of benzene rings is 2. The van der Waals surface area contributed by atoms with E-state index < -0.39 is 36.3 Å².